The second kappa shape index (κ2) is 13.4. The Bertz CT molecular complexity index is 3340. The van der Waals surface area contributed by atoms with E-state index >= 15 is 0 Å². The van der Waals surface area contributed by atoms with Gasteiger partial charge in [0.25, 0.3) is 0 Å². The summed E-state index contributed by atoms with van der Waals surface area (Å²) in [7, 11) is 0. The summed E-state index contributed by atoms with van der Waals surface area (Å²) in [5.41, 5.74) is 13.2. The van der Waals surface area contributed by atoms with Gasteiger partial charge in [-0.3, -0.25) is 0 Å². The van der Waals surface area contributed by atoms with E-state index in [-0.39, 0.29) is 0 Å². The van der Waals surface area contributed by atoms with Crippen LogP contribution >= 0.6 is 11.3 Å². The topological polar surface area (TPSA) is 3.24 Å². The third-order valence-corrected chi connectivity index (χ3v) is 13.7. The quantitative estimate of drug-likeness (QED) is 0.163. The van der Waals surface area contributed by atoms with E-state index in [0.29, 0.717) is 0 Å². The van der Waals surface area contributed by atoms with E-state index in [1.54, 1.807) is 0 Å². The predicted octanol–water partition coefficient (Wildman–Crippen LogP) is 15.9. The number of benzene rings is 10. The highest BCUT2D eigenvalue weighted by atomic mass is 32.1. The van der Waals surface area contributed by atoms with E-state index in [9.17, 15) is 0 Å². The first-order valence-electron chi connectivity index (χ1n) is 20.3. The lowest BCUT2D eigenvalue weighted by atomic mass is 9.67. The summed E-state index contributed by atoms with van der Waals surface area (Å²) in [5, 5.41) is 7.54. The third kappa shape index (κ3) is 5.03. The molecule has 1 nitrogen and oxygen atoms in total. The fourth-order valence-electron chi connectivity index (χ4n) is 10.1. The molecule has 0 aliphatic heterocycles. The first-order valence-corrected chi connectivity index (χ1v) is 21.2. The number of thiophene rings is 1. The zero-order valence-corrected chi connectivity index (χ0v) is 33.0. The number of rotatable bonds is 6. The molecular formula is C57H37NS. The molecule has 59 heavy (non-hydrogen) atoms. The smallest absolute Gasteiger partial charge is 0.0713 e. The SMILES string of the molecule is c1ccc(N(c2cccc3ccccc23)c2cccc3sc4c5ccccc5c(-c5ccc6c(c5)C(c5ccccc5)(c5ccccc5)c5ccccc5-6)cc4c23)cc1. The van der Waals surface area contributed by atoms with Gasteiger partial charge < -0.3 is 4.90 Å². The van der Waals surface area contributed by atoms with Crippen molar-refractivity contribution < 1.29 is 0 Å². The lowest BCUT2D eigenvalue weighted by Crippen LogP contribution is -2.28. The Hall–Kier alpha value is -7.26. The molecule has 0 saturated heterocycles. The van der Waals surface area contributed by atoms with Crippen molar-refractivity contribution in [3.63, 3.8) is 0 Å². The molecule has 0 radical (unpaired) electrons. The minimum atomic E-state index is -0.471. The molecule has 10 aromatic carbocycles. The predicted molar refractivity (Wildman–Crippen MR) is 252 cm³/mol. The largest absolute Gasteiger partial charge is 0.309 e. The van der Waals surface area contributed by atoms with Gasteiger partial charge in [0, 0.05) is 36.6 Å². The van der Waals surface area contributed by atoms with Crippen molar-refractivity contribution in [2.75, 3.05) is 4.90 Å². The summed E-state index contributed by atoms with van der Waals surface area (Å²) in [5.74, 6) is 0. The molecule has 1 aliphatic rings. The van der Waals surface area contributed by atoms with E-state index < -0.39 is 5.41 Å². The standard InChI is InChI=1S/C57H37NS/c1-4-20-40(21-5-1)57(41-22-6-2-7-23-41)50-30-15-14-28-45(50)46-35-34-39(36-51(46)57)48-37-49-55-53(32-17-33-54(55)59-56(49)47-29-13-12-27-44(47)48)58(42-24-8-3-9-25-42)52-31-16-19-38-18-10-11-26-43(38)52/h1-37H. The van der Waals surface area contributed by atoms with Crippen molar-refractivity contribution >= 4 is 70.1 Å². The minimum absolute atomic E-state index is 0.471. The van der Waals surface area contributed by atoms with E-state index in [1.165, 1.54) is 97.6 Å². The Labute approximate surface area is 347 Å². The molecule has 1 aromatic heterocycles. The molecule has 0 unspecified atom stereocenters. The van der Waals surface area contributed by atoms with Crippen molar-refractivity contribution in [1.29, 1.82) is 0 Å². The van der Waals surface area contributed by atoms with E-state index in [0.717, 1.165) is 5.69 Å². The highest BCUT2D eigenvalue weighted by Gasteiger charge is 2.46. The Balaban J connectivity index is 1.15. The van der Waals surface area contributed by atoms with Gasteiger partial charge in [0.05, 0.1) is 16.8 Å². The number of para-hydroxylation sites is 1. The number of hydrogen-bond acceptors (Lipinski definition) is 2. The maximum Gasteiger partial charge on any atom is 0.0713 e. The van der Waals surface area contributed by atoms with Crippen LogP contribution in [-0.2, 0) is 5.41 Å². The summed E-state index contributed by atoms with van der Waals surface area (Å²) in [6.07, 6.45) is 0. The van der Waals surface area contributed by atoms with Gasteiger partial charge in [-0.25, -0.2) is 0 Å². The summed E-state index contributed by atoms with van der Waals surface area (Å²) in [6, 6.07) is 83.0. The van der Waals surface area contributed by atoms with E-state index in [2.05, 4.69) is 229 Å². The monoisotopic (exact) mass is 767 g/mol. The minimum Gasteiger partial charge on any atom is -0.309 e. The van der Waals surface area contributed by atoms with Gasteiger partial charge in [-0.2, -0.15) is 0 Å². The number of hydrogen-bond donors (Lipinski definition) is 0. The van der Waals surface area contributed by atoms with Crippen LogP contribution in [0.1, 0.15) is 22.3 Å². The van der Waals surface area contributed by atoms with Crippen LogP contribution < -0.4 is 4.90 Å². The zero-order valence-electron chi connectivity index (χ0n) is 32.2. The molecule has 0 amide bonds. The lowest BCUT2D eigenvalue weighted by Gasteiger charge is -2.34. The molecule has 2 heteroatoms. The zero-order chi connectivity index (χ0) is 38.9. The van der Waals surface area contributed by atoms with Crippen LogP contribution in [0.4, 0.5) is 17.1 Å². The van der Waals surface area contributed by atoms with E-state index in [4.69, 9.17) is 0 Å². The van der Waals surface area contributed by atoms with E-state index in [1.807, 2.05) is 11.3 Å². The molecule has 12 rings (SSSR count). The van der Waals surface area contributed by atoms with Gasteiger partial charge in [0.1, 0.15) is 0 Å². The number of anilines is 3. The van der Waals surface area contributed by atoms with Crippen LogP contribution in [-0.4, -0.2) is 0 Å². The molecule has 0 saturated carbocycles. The Morgan fingerprint density at radius 2 is 0.966 bits per heavy atom. The highest BCUT2D eigenvalue weighted by molar-refractivity contribution is 7.26. The van der Waals surface area contributed by atoms with Gasteiger partial charge in [0.15, 0.2) is 0 Å². The molecule has 0 bridgehead atoms. The van der Waals surface area contributed by atoms with Crippen molar-refractivity contribution in [3.05, 3.63) is 247 Å². The van der Waals surface area contributed by atoms with Crippen molar-refractivity contribution in [2.45, 2.75) is 5.41 Å². The Morgan fingerprint density at radius 3 is 1.75 bits per heavy atom. The second-order valence-corrected chi connectivity index (χ2v) is 16.6. The maximum absolute atomic E-state index is 2.50. The van der Waals surface area contributed by atoms with Crippen LogP contribution in [0.15, 0.2) is 224 Å². The van der Waals surface area contributed by atoms with Crippen molar-refractivity contribution in [1.82, 2.24) is 0 Å². The van der Waals surface area contributed by atoms with Crippen LogP contribution in [0, 0.1) is 0 Å². The van der Waals surface area contributed by atoms with Crippen LogP contribution in [0.25, 0.3) is 64.0 Å². The molecule has 0 atom stereocenters. The average Bonchev–Trinajstić information content (AvgIpc) is 3.84. The summed E-state index contributed by atoms with van der Waals surface area (Å²) >= 11 is 1.90. The Kier molecular flexibility index (Phi) is 7.69. The van der Waals surface area contributed by atoms with Gasteiger partial charge in [-0.1, -0.05) is 182 Å². The van der Waals surface area contributed by atoms with Crippen LogP contribution in [0.2, 0.25) is 0 Å². The fourth-order valence-corrected chi connectivity index (χ4v) is 11.3. The molecule has 0 spiro atoms. The van der Waals surface area contributed by atoms with Gasteiger partial charge in [-0.15, -0.1) is 11.3 Å². The number of nitrogens with zero attached hydrogens (tertiary/aromatic N) is 1. The average molecular weight is 768 g/mol. The molecule has 1 heterocycles. The normalized spacial score (nSPS) is 12.9. The molecule has 0 fully saturated rings. The summed E-state index contributed by atoms with van der Waals surface area (Å²) in [4.78, 5) is 2.46. The first kappa shape index (κ1) is 33.8. The maximum atomic E-state index is 2.50. The first-order chi connectivity index (χ1) is 29.3. The highest BCUT2D eigenvalue weighted by Crippen LogP contribution is 2.57. The van der Waals surface area contributed by atoms with Crippen molar-refractivity contribution in [3.8, 4) is 22.3 Å². The summed E-state index contributed by atoms with van der Waals surface area (Å²) in [6.45, 7) is 0. The molecule has 11 aromatic rings. The second-order valence-electron chi connectivity index (χ2n) is 15.6. The number of fused-ring (bicyclic) bond motifs is 9. The van der Waals surface area contributed by atoms with Gasteiger partial charge in [-0.05, 0) is 97.7 Å². The lowest BCUT2D eigenvalue weighted by molar-refractivity contribution is 0.769. The third-order valence-electron chi connectivity index (χ3n) is 12.5. The van der Waals surface area contributed by atoms with Gasteiger partial charge >= 0.3 is 0 Å². The van der Waals surface area contributed by atoms with Crippen LogP contribution in [0.3, 0.4) is 0 Å². The molecule has 276 valence electrons. The Morgan fingerprint density at radius 1 is 0.373 bits per heavy atom. The molecule has 1 aliphatic carbocycles. The molecular weight excluding hydrogens is 731 g/mol. The fraction of sp³-hybridized carbons (Fsp3) is 0.0175. The van der Waals surface area contributed by atoms with Gasteiger partial charge in [0.2, 0.25) is 0 Å². The summed E-state index contributed by atoms with van der Waals surface area (Å²) < 4.78 is 2.59. The van der Waals surface area contributed by atoms with Crippen molar-refractivity contribution in [2.24, 2.45) is 0 Å². The molecule has 0 N–H and O–H groups in total. The van der Waals surface area contributed by atoms with Crippen LogP contribution in [0.5, 0.6) is 0 Å².